The van der Waals surface area contributed by atoms with E-state index < -0.39 is 0 Å². The first kappa shape index (κ1) is 13.7. The molecule has 0 unspecified atom stereocenters. The molecule has 0 aliphatic rings. The van der Waals surface area contributed by atoms with Crippen molar-refractivity contribution in [1.29, 1.82) is 0 Å². The first-order chi connectivity index (χ1) is 9.74. The van der Waals surface area contributed by atoms with Crippen LogP contribution in [0.5, 0.6) is 5.75 Å². The second-order valence-electron chi connectivity index (χ2n) is 4.66. The Bertz CT molecular complexity index is 733. The zero-order valence-corrected chi connectivity index (χ0v) is 13.6. The number of rotatable bonds is 4. The smallest absolute Gasteiger partial charge is 0.122 e. The van der Waals surface area contributed by atoms with E-state index in [1.54, 1.807) is 0 Å². The van der Waals surface area contributed by atoms with Crippen molar-refractivity contribution in [2.45, 2.75) is 20.0 Å². The Balaban J connectivity index is 1.75. The third kappa shape index (κ3) is 3.05. The molecule has 3 rings (SSSR count). The lowest BCUT2D eigenvalue weighted by Gasteiger charge is -2.06. The third-order valence-corrected chi connectivity index (χ3v) is 4.92. The molecule has 0 saturated heterocycles. The van der Waals surface area contributed by atoms with E-state index in [-0.39, 0.29) is 0 Å². The van der Waals surface area contributed by atoms with Gasteiger partial charge in [-0.2, -0.15) is 0 Å². The molecule has 0 saturated carbocycles. The Hall–Kier alpha value is -1.32. The van der Waals surface area contributed by atoms with E-state index in [2.05, 4.69) is 65.3 Å². The molecule has 0 radical (unpaired) electrons. The second kappa shape index (κ2) is 5.98. The zero-order valence-electron chi connectivity index (χ0n) is 11.2. The van der Waals surface area contributed by atoms with Gasteiger partial charge in [-0.15, -0.1) is 11.3 Å². The fraction of sp³-hybridized carbons (Fsp3) is 0.176. The Kier molecular flexibility index (Phi) is 4.08. The maximum Gasteiger partial charge on any atom is 0.122 e. The van der Waals surface area contributed by atoms with Crippen LogP contribution >= 0.6 is 27.3 Å². The maximum atomic E-state index is 5.89. The average Bonchev–Trinajstić information content (AvgIpc) is 2.93. The number of halogens is 1. The van der Waals surface area contributed by atoms with E-state index in [0.717, 1.165) is 16.6 Å². The molecular formula is C17H15BrOS. The van der Waals surface area contributed by atoms with E-state index in [9.17, 15) is 0 Å². The monoisotopic (exact) mass is 346 g/mol. The number of aryl methyl sites for hydroxylation is 1. The lowest BCUT2D eigenvalue weighted by atomic mass is 10.1. The molecule has 20 heavy (non-hydrogen) atoms. The lowest BCUT2D eigenvalue weighted by molar-refractivity contribution is 0.310. The Labute approximate surface area is 131 Å². The van der Waals surface area contributed by atoms with Crippen LogP contribution in [0.1, 0.15) is 16.7 Å². The molecule has 102 valence electrons. The topological polar surface area (TPSA) is 9.23 Å². The van der Waals surface area contributed by atoms with Gasteiger partial charge >= 0.3 is 0 Å². The van der Waals surface area contributed by atoms with Crippen LogP contribution in [0.15, 0.2) is 53.0 Å². The Morgan fingerprint density at radius 2 is 1.70 bits per heavy atom. The van der Waals surface area contributed by atoms with Crippen LogP contribution in [-0.2, 0) is 13.0 Å². The van der Waals surface area contributed by atoms with Crippen LogP contribution in [-0.4, -0.2) is 0 Å². The molecule has 2 aromatic carbocycles. The van der Waals surface area contributed by atoms with Gasteiger partial charge in [-0.3, -0.25) is 0 Å². The zero-order chi connectivity index (χ0) is 13.9. The van der Waals surface area contributed by atoms with Crippen LogP contribution in [0.4, 0.5) is 0 Å². The molecule has 3 heteroatoms. The molecule has 0 atom stereocenters. The van der Waals surface area contributed by atoms with Crippen molar-refractivity contribution < 1.29 is 4.74 Å². The highest BCUT2D eigenvalue weighted by atomic mass is 79.9. The largest absolute Gasteiger partial charge is 0.488 e. The highest BCUT2D eigenvalue weighted by Gasteiger charge is 2.02. The summed E-state index contributed by atoms with van der Waals surface area (Å²) in [5.41, 5.74) is 0. The minimum absolute atomic E-state index is 0.646. The summed E-state index contributed by atoms with van der Waals surface area (Å²) in [5, 5.41) is 2.42. The molecule has 0 spiro atoms. The van der Waals surface area contributed by atoms with Gasteiger partial charge in [0.15, 0.2) is 0 Å². The number of fused-ring (bicyclic) bond motifs is 1. The minimum atomic E-state index is 0.646. The summed E-state index contributed by atoms with van der Waals surface area (Å²) in [6.07, 6.45) is 1.09. The van der Waals surface area contributed by atoms with E-state index >= 15 is 0 Å². The quantitative estimate of drug-likeness (QED) is 0.579. The van der Waals surface area contributed by atoms with Gasteiger partial charge < -0.3 is 4.74 Å². The van der Waals surface area contributed by atoms with Gasteiger partial charge in [0, 0.05) is 14.2 Å². The summed E-state index contributed by atoms with van der Waals surface area (Å²) in [4.78, 5) is 2.68. The predicted octanol–water partition coefficient (Wildman–Crippen LogP) is 5.81. The summed E-state index contributed by atoms with van der Waals surface area (Å²) in [5.74, 6) is 0.922. The highest BCUT2D eigenvalue weighted by molar-refractivity contribution is 9.10. The van der Waals surface area contributed by atoms with Gasteiger partial charge in [-0.25, -0.2) is 0 Å². The number of benzene rings is 2. The van der Waals surface area contributed by atoms with Gasteiger partial charge in [0.25, 0.3) is 0 Å². The predicted molar refractivity (Wildman–Crippen MR) is 89.7 cm³/mol. The number of ether oxygens (including phenoxy) is 1. The van der Waals surface area contributed by atoms with Crippen LogP contribution in [0, 0.1) is 0 Å². The van der Waals surface area contributed by atoms with Crippen molar-refractivity contribution in [1.82, 2.24) is 0 Å². The third-order valence-electron chi connectivity index (χ3n) is 3.22. The number of hydrogen-bond donors (Lipinski definition) is 0. The first-order valence-corrected chi connectivity index (χ1v) is 8.25. The fourth-order valence-electron chi connectivity index (χ4n) is 2.13. The summed E-state index contributed by atoms with van der Waals surface area (Å²) < 4.78 is 6.99. The van der Waals surface area contributed by atoms with E-state index in [4.69, 9.17) is 4.74 Å². The second-order valence-corrected chi connectivity index (χ2v) is 6.83. The standard InChI is InChI=1S/C17H15BrOS/c1-2-16-7-8-17(20-16)11-19-15-6-4-12-9-14(18)5-3-13(12)10-15/h3-10H,2,11H2,1H3. The number of thiophene rings is 1. The molecule has 1 nitrogen and oxygen atoms in total. The lowest BCUT2D eigenvalue weighted by Crippen LogP contribution is -1.92. The molecule has 0 N–H and O–H groups in total. The summed E-state index contributed by atoms with van der Waals surface area (Å²) >= 11 is 5.32. The fourth-order valence-corrected chi connectivity index (χ4v) is 3.38. The van der Waals surface area contributed by atoms with Crippen molar-refractivity contribution in [3.05, 3.63) is 62.8 Å². The summed E-state index contributed by atoms with van der Waals surface area (Å²) in [6, 6.07) is 16.8. The van der Waals surface area contributed by atoms with E-state index in [0.29, 0.717) is 6.61 Å². The molecule has 0 bridgehead atoms. The van der Waals surface area contributed by atoms with E-state index in [1.807, 2.05) is 17.4 Å². The van der Waals surface area contributed by atoms with Crippen molar-refractivity contribution in [2.24, 2.45) is 0 Å². The van der Waals surface area contributed by atoms with Gasteiger partial charge in [-0.1, -0.05) is 35.0 Å². The summed E-state index contributed by atoms with van der Waals surface area (Å²) in [6.45, 7) is 2.82. The summed E-state index contributed by atoms with van der Waals surface area (Å²) in [7, 11) is 0. The van der Waals surface area contributed by atoms with Crippen LogP contribution in [0.2, 0.25) is 0 Å². The van der Waals surface area contributed by atoms with Gasteiger partial charge in [0.05, 0.1) is 0 Å². The molecule has 1 heterocycles. The van der Waals surface area contributed by atoms with Gasteiger partial charge in [0.2, 0.25) is 0 Å². The van der Waals surface area contributed by atoms with Crippen molar-refractivity contribution in [3.8, 4) is 5.75 Å². The van der Waals surface area contributed by atoms with Gasteiger partial charge in [-0.05, 0) is 53.6 Å². The SMILES string of the molecule is CCc1ccc(COc2ccc3cc(Br)ccc3c2)s1. The van der Waals surface area contributed by atoms with E-state index in [1.165, 1.54) is 20.5 Å². The van der Waals surface area contributed by atoms with Crippen LogP contribution in [0.25, 0.3) is 10.8 Å². The maximum absolute atomic E-state index is 5.89. The molecule has 0 amide bonds. The molecular weight excluding hydrogens is 332 g/mol. The molecule has 3 aromatic rings. The minimum Gasteiger partial charge on any atom is -0.488 e. The van der Waals surface area contributed by atoms with Crippen LogP contribution < -0.4 is 4.74 Å². The highest BCUT2D eigenvalue weighted by Crippen LogP contribution is 2.25. The Morgan fingerprint density at radius 3 is 2.50 bits per heavy atom. The molecule has 0 fully saturated rings. The molecule has 0 aliphatic carbocycles. The normalized spacial score (nSPS) is 10.9. The van der Waals surface area contributed by atoms with Crippen molar-refractivity contribution in [2.75, 3.05) is 0 Å². The molecule has 1 aromatic heterocycles. The van der Waals surface area contributed by atoms with Crippen molar-refractivity contribution >= 4 is 38.0 Å². The van der Waals surface area contributed by atoms with Gasteiger partial charge in [0.1, 0.15) is 12.4 Å². The number of hydrogen-bond acceptors (Lipinski definition) is 2. The first-order valence-electron chi connectivity index (χ1n) is 6.64. The molecule has 0 aliphatic heterocycles. The average molecular weight is 347 g/mol. The van der Waals surface area contributed by atoms with Crippen LogP contribution in [0.3, 0.4) is 0 Å². The Morgan fingerprint density at radius 1 is 0.950 bits per heavy atom. The van der Waals surface area contributed by atoms with Crippen molar-refractivity contribution in [3.63, 3.8) is 0 Å².